The van der Waals surface area contributed by atoms with Crippen LogP contribution in [0.4, 0.5) is 5.69 Å². The first kappa shape index (κ1) is 19.0. The largest absolute Gasteiger partial charge is 0.493 e. The average molecular weight is 448 g/mol. The van der Waals surface area contributed by atoms with Crippen LogP contribution in [0.2, 0.25) is 10.0 Å². The van der Waals surface area contributed by atoms with Gasteiger partial charge in [0, 0.05) is 4.47 Å². The average Bonchev–Trinajstić information content (AvgIpc) is 2.53. The molecule has 8 heteroatoms. The van der Waals surface area contributed by atoms with E-state index in [1.807, 2.05) is 6.92 Å². The van der Waals surface area contributed by atoms with Crippen molar-refractivity contribution < 1.29 is 9.53 Å². The van der Waals surface area contributed by atoms with Crippen molar-refractivity contribution in [3.8, 4) is 5.75 Å². The molecule has 24 heavy (non-hydrogen) atoms. The van der Waals surface area contributed by atoms with E-state index in [1.165, 1.54) is 0 Å². The summed E-state index contributed by atoms with van der Waals surface area (Å²) in [5.41, 5.74) is 0.876. The minimum Gasteiger partial charge on any atom is -0.493 e. The molecular weight excluding hydrogens is 435 g/mol. The molecule has 0 heterocycles. The molecule has 0 aromatic heterocycles. The third-order valence-corrected chi connectivity index (χ3v) is 4.43. The molecule has 0 atom stereocenters. The molecule has 0 fully saturated rings. The first-order valence-corrected chi connectivity index (χ1v) is 8.86. The number of rotatable bonds is 4. The van der Waals surface area contributed by atoms with Gasteiger partial charge in [-0.1, -0.05) is 45.2 Å². The Bertz CT molecular complexity index is 787. The Kier molecular flexibility index (Phi) is 6.86. The van der Waals surface area contributed by atoms with Crippen molar-refractivity contribution in [3.63, 3.8) is 0 Å². The lowest BCUT2D eigenvalue weighted by atomic mass is 10.2. The van der Waals surface area contributed by atoms with Gasteiger partial charge >= 0.3 is 0 Å². The van der Waals surface area contributed by atoms with Crippen molar-refractivity contribution in [2.75, 3.05) is 11.9 Å². The highest BCUT2D eigenvalue weighted by Crippen LogP contribution is 2.29. The quantitative estimate of drug-likeness (QED) is 0.626. The van der Waals surface area contributed by atoms with E-state index in [0.29, 0.717) is 33.7 Å². The summed E-state index contributed by atoms with van der Waals surface area (Å²) in [6.07, 6.45) is 0. The third-order valence-electron chi connectivity index (χ3n) is 2.91. The summed E-state index contributed by atoms with van der Waals surface area (Å²) in [5, 5.41) is 6.27. The lowest BCUT2D eigenvalue weighted by Gasteiger charge is -2.13. The van der Waals surface area contributed by atoms with E-state index in [4.69, 9.17) is 40.2 Å². The van der Waals surface area contributed by atoms with Crippen LogP contribution in [-0.4, -0.2) is 17.6 Å². The molecule has 0 spiro atoms. The SMILES string of the molecule is CCOc1ccc(Br)cc1C(=O)NC(=S)Nc1cccc(Cl)c1Cl. The van der Waals surface area contributed by atoms with Gasteiger partial charge in [-0.15, -0.1) is 0 Å². The van der Waals surface area contributed by atoms with Gasteiger partial charge in [-0.25, -0.2) is 0 Å². The maximum atomic E-state index is 12.4. The van der Waals surface area contributed by atoms with Crippen LogP contribution in [0.25, 0.3) is 0 Å². The monoisotopic (exact) mass is 446 g/mol. The standard InChI is InChI=1S/C16H13BrCl2N2O2S/c1-2-23-13-7-6-9(17)8-10(13)15(22)21-16(24)20-12-5-3-4-11(18)14(12)19/h3-8H,2H2,1H3,(H2,20,21,22,24). The molecule has 4 nitrogen and oxygen atoms in total. The molecule has 0 radical (unpaired) electrons. The number of anilines is 1. The van der Waals surface area contributed by atoms with Crippen LogP contribution in [0.3, 0.4) is 0 Å². The van der Waals surface area contributed by atoms with E-state index in [2.05, 4.69) is 26.6 Å². The summed E-state index contributed by atoms with van der Waals surface area (Å²) in [6.45, 7) is 2.29. The highest BCUT2D eigenvalue weighted by molar-refractivity contribution is 9.10. The number of halogens is 3. The molecular formula is C16H13BrCl2N2O2S. The fraction of sp³-hybridized carbons (Fsp3) is 0.125. The van der Waals surface area contributed by atoms with Crippen LogP contribution in [0.5, 0.6) is 5.75 Å². The lowest BCUT2D eigenvalue weighted by Crippen LogP contribution is -2.34. The molecule has 0 aliphatic rings. The second kappa shape index (κ2) is 8.67. The maximum Gasteiger partial charge on any atom is 0.261 e. The number of amides is 1. The van der Waals surface area contributed by atoms with Gasteiger partial charge in [0.2, 0.25) is 0 Å². The first-order valence-electron chi connectivity index (χ1n) is 6.91. The fourth-order valence-electron chi connectivity index (χ4n) is 1.89. The first-order chi connectivity index (χ1) is 11.4. The van der Waals surface area contributed by atoms with Gasteiger partial charge in [0.25, 0.3) is 5.91 Å². The topological polar surface area (TPSA) is 50.4 Å². The molecule has 0 aliphatic heterocycles. The van der Waals surface area contributed by atoms with Crippen molar-refractivity contribution in [1.82, 2.24) is 5.32 Å². The second-order valence-electron chi connectivity index (χ2n) is 4.58. The van der Waals surface area contributed by atoms with Crippen LogP contribution in [0.15, 0.2) is 40.9 Å². The molecule has 2 rings (SSSR count). The number of carbonyl (C=O) groups excluding carboxylic acids is 1. The van der Waals surface area contributed by atoms with Crippen LogP contribution < -0.4 is 15.4 Å². The Labute approximate surface area is 163 Å². The van der Waals surface area contributed by atoms with E-state index < -0.39 is 5.91 Å². The number of thiocarbonyl (C=S) groups is 1. The van der Waals surface area contributed by atoms with Crippen LogP contribution >= 0.6 is 51.3 Å². The molecule has 0 saturated heterocycles. The summed E-state index contributed by atoms with van der Waals surface area (Å²) in [7, 11) is 0. The zero-order chi connectivity index (χ0) is 17.7. The Morgan fingerprint density at radius 1 is 1.29 bits per heavy atom. The smallest absolute Gasteiger partial charge is 0.261 e. The van der Waals surface area contributed by atoms with Crippen molar-refractivity contribution in [2.24, 2.45) is 0 Å². The lowest BCUT2D eigenvalue weighted by molar-refractivity contribution is 0.0974. The van der Waals surface area contributed by atoms with Crippen molar-refractivity contribution >= 4 is 68.1 Å². The van der Waals surface area contributed by atoms with Gasteiger partial charge in [0.1, 0.15) is 5.75 Å². The molecule has 0 unspecified atom stereocenters. The Morgan fingerprint density at radius 2 is 2.04 bits per heavy atom. The Hall–Kier alpha value is -1.34. The molecule has 126 valence electrons. The number of ether oxygens (including phenoxy) is 1. The zero-order valence-electron chi connectivity index (χ0n) is 12.5. The number of hydrogen-bond acceptors (Lipinski definition) is 3. The number of nitrogens with one attached hydrogen (secondary N) is 2. The molecule has 1 amide bonds. The van der Waals surface area contributed by atoms with Gasteiger partial charge in [0.05, 0.1) is 27.9 Å². The molecule has 2 N–H and O–H groups in total. The normalized spacial score (nSPS) is 10.2. The van der Waals surface area contributed by atoms with E-state index in [0.717, 1.165) is 4.47 Å². The minimum absolute atomic E-state index is 0.103. The summed E-state index contributed by atoms with van der Waals surface area (Å²) in [6, 6.07) is 10.3. The highest BCUT2D eigenvalue weighted by Gasteiger charge is 2.15. The fourth-order valence-corrected chi connectivity index (χ4v) is 2.80. The van der Waals surface area contributed by atoms with E-state index in [1.54, 1.807) is 36.4 Å². The van der Waals surface area contributed by atoms with Crippen LogP contribution in [-0.2, 0) is 0 Å². The summed E-state index contributed by atoms with van der Waals surface area (Å²) >= 11 is 20.5. The predicted octanol–water partition coefficient (Wildman–Crippen LogP) is 5.28. The maximum absolute atomic E-state index is 12.4. The summed E-state index contributed by atoms with van der Waals surface area (Å²) in [4.78, 5) is 12.4. The number of hydrogen-bond donors (Lipinski definition) is 2. The van der Waals surface area contributed by atoms with Crippen LogP contribution in [0.1, 0.15) is 17.3 Å². The molecule has 0 aliphatic carbocycles. The van der Waals surface area contributed by atoms with E-state index in [9.17, 15) is 4.79 Å². The van der Waals surface area contributed by atoms with Crippen LogP contribution in [0, 0.1) is 0 Å². The Morgan fingerprint density at radius 3 is 2.75 bits per heavy atom. The second-order valence-corrected chi connectivity index (χ2v) is 6.69. The molecule has 2 aromatic rings. The van der Waals surface area contributed by atoms with Gasteiger partial charge < -0.3 is 10.1 Å². The number of carbonyl (C=O) groups is 1. The predicted molar refractivity (Wildman–Crippen MR) is 105 cm³/mol. The third kappa shape index (κ3) is 4.83. The Balaban J connectivity index is 2.13. The number of benzene rings is 2. The van der Waals surface area contributed by atoms with Crippen molar-refractivity contribution in [1.29, 1.82) is 0 Å². The van der Waals surface area contributed by atoms with E-state index in [-0.39, 0.29) is 5.11 Å². The summed E-state index contributed by atoms with van der Waals surface area (Å²) < 4.78 is 6.22. The van der Waals surface area contributed by atoms with Crippen molar-refractivity contribution in [2.45, 2.75) is 6.92 Å². The van der Waals surface area contributed by atoms with Gasteiger partial charge in [-0.05, 0) is 49.5 Å². The molecule has 2 aromatic carbocycles. The van der Waals surface area contributed by atoms with Gasteiger partial charge in [-0.3, -0.25) is 10.1 Å². The zero-order valence-corrected chi connectivity index (χ0v) is 16.4. The summed E-state index contributed by atoms with van der Waals surface area (Å²) in [5.74, 6) is 0.0807. The van der Waals surface area contributed by atoms with Gasteiger partial charge in [-0.2, -0.15) is 0 Å². The van der Waals surface area contributed by atoms with E-state index >= 15 is 0 Å². The minimum atomic E-state index is -0.393. The van der Waals surface area contributed by atoms with Crippen molar-refractivity contribution in [3.05, 3.63) is 56.5 Å². The molecule has 0 bridgehead atoms. The van der Waals surface area contributed by atoms with Gasteiger partial charge in [0.15, 0.2) is 5.11 Å². The highest BCUT2D eigenvalue weighted by atomic mass is 79.9. The molecule has 0 saturated carbocycles.